The molecule has 0 radical (unpaired) electrons. The molecule has 136 valence electrons. The normalized spacial score (nSPS) is 41.7. The van der Waals surface area contributed by atoms with Crippen LogP contribution in [0.25, 0.3) is 0 Å². The number of aliphatic hydroxyl groups is 1. The Kier molecular flexibility index (Phi) is 3.98. The minimum atomic E-state index is -0.269. The summed E-state index contributed by atoms with van der Waals surface area (Å²) < 4.78 is 5.82. The lowest BCUT2D eigenvalue weighted by Crippen LogP contribution is -2.67. The minimum absolute atomic E-state index is 0.119. The Morgan fingerprint density at radius 2 is 2.00 bits per heavy atom. The van der Waals surface area contributed by atoms with Gasteiger partial charge in [-0.25, -0.2) is 0 Å². The van der Waals surface area contributed by atoms with Crippen LogP contribution < -0.4 is 0 Å². The van der Waals surface area contributed by atoms with Crippen molar-refractivity contribution in [2.75, 3.05) is 32.8 Å². The molecule has 2 spiro atoms. The number of hydrogen-bond acceptors (Lipinski definition) is 4. The van der Waals surface area contributed by atoms with Gasteiger partial charge in [-0.1, -0.05) is 13.8 Å². The highest BCUT2D eigenvalue weighted by Crippen LogP contribution is 2.55. The molecule has 5 nitrogen and oxygen atoms in total. The van der Waals surface area contributed by atoms with E-state index in [9.17, 15) is 9.90 Å². The summed E-state index contributed by atoms with van der Waals surface area (Å²) >= 11 is 0. The van der Waals surface area contributed by atoms with Crippen molar-refractivity contribution in [1.29, 1.82) is 0 Å². The maximum absolute atomic E-state index is 11.9. The summed E-state index contributed by atoms with van der Waals surface area (Å²) in [5.41, 5.74) is 0.488. The molecule has 1 N–H and O–H groups in total. The minimum Gasteiger partial charge on any atom is -0.391 e. The van der Waals surface area contributed by atoms with Crippen LogP contribution in [0.15, 0.2) is 0 Å². The molecule has 2 unspecified atom stereocenters. The number of carbonyl (C=O) groups excluding carboxylic acids is 1. The highest BCUT2D eigenvalue weighted by Gasteiger charge is 2.61. The molecule has 4 fully saturated rings. The van der Waals surface area contributed by atoms with Crippen molar-refractivity contribution in [3.8, 4) is 0 Å². The van der Waals surface area contributed by atoms with Crippen molar-refractivity contribution in [3.63, 3.8) is 0 Å². The summed E-state index contributed by atoms with van der Waals surface area (Å²) in [5, 5.41) is 10.9. The summed E-state index contributed by atoms with van der Waals surface area (Å²) in [6, 6.07) is 0.521. The van der Waals surface area contributed by atoms with Crippen LogP contribution in [0.5, 0.6) is 0 Å². The van der Waals surface area contributed by atoms with Gasteiger partial charge in [0.2, 0.25) is 5.91 Å². The van der Waals surface area contributed by atoms with Crippen molar-refractivity contribution in [3.05, 3.63) is 0 Å². The average molecular weight is 336 g/mol. The topological polar surface area (TPSA) is 53.0 Å². The Hall–Kier alpha value is -0.650. The third kappa shape index (κ3) is 2.60. The van der Waals surface area contributed by atoms with Gasteiger partial charge in [0.05, 0.1) is 19.3 Å². The van der Waals surface area contributed by atoms with Gasteiger partial charge >= 0.3 is 0 Å². The summed E-state index contributed by atoms with van der Waals surface area (Å²) in [7, 11) is 0. The maximum Gasteiger partial charge on any atom is 0.219 e. The lowest BCUT2D eigenvalue weighted by molar-refractivity contribution is -0.158. The van der Waals surface area contributed by atoms with Gasteiger partial charge in [-0.3, -0.25) is 9.69 Å². The van der Waals surface area contributed by atoms with Crippen LogP contribution in [-0.4, -0.2) is 71.8 Å². The van der Waals surface area contributed by atoms with Crippen LogP contribution >= 0.6 is 0 Å². The first-order valence-electron chi connectivity index (χ1n) is 9.63. The SMILES string of the molecule is CC(=O)N1CC2(C[C@@H](O)[C@H](N3CCOCC4(CC4)C3)C2)C1C(C)C. The molecule has 4 atom stereocenters. The fourth-order valence-corrected chi connectivity index (χ4v) is 5.84. The van der Waals surface area contributed by atoms with E-state index < -0.39 is 0 Å². The van der Waals surface area contributed by atoms with Gasteiger partial charge in [0, 0.05) is 49.5 Å². The van der Waals surface area contributed by atoms with Crippen LogP contribution in [0.1, 0.15) is 46.5 Å². The summed E-state index contributed by atoms with van der Waals surface area (Å²) in [5.74, 6) is 0.619. The second kappa shape index (κ2) is 5.68. The lowest BCUT2D eigenvalue weighted by Gasteiger charge is -2.58. The third-order valence-corrected chi connectivity index (χ3v) is 7.06. The van der Waals surface area contributed by atoms with Crippen molar-refractivity contribution >= 4 is 5.91 Å². The van der Waals surface area contributed by atoms with Crippen molar-refractivity contribution in [2.24, 2.45) is 16.7 Å². The molecule has 4 rings (SSSR count). The maximum atomic E-state index is 11.9. The molecular weight excluding hydrogens is 304 g/mol. The Morgan fingerprint density at radius 1 is 1.25 bits per heavy atom. The number of rotatable bonds is 2. The van der Waals surface area contributed by atoms with E-state index in [-0.39, 0.29) is 29.5 Å². The van der Waals surface area contributed by atoms with Crippen LogP contribution in [-0.2, 0) is 9.53 Å². The van der Waals surface area contributed by atoms with Gasteiger partial charge in [0.25, 0.3) is 0 Å². The summed E-state index contributed by atoms with van der Waals surface area (Å²) in [4.78, 5) is 16.4. The second-order valence-electron chi connectivity index (χ2n) is 9.26. The molecule has 2 heterocycles. The molecule has 0 bridgehead atoms. The summed E-state index contributed by atoms with van der Waals surface area (Å²) in [6.07, 6.45) is 4.13. The number of likely N-dealkylation sites (tertiary alicyclic amines) is 1. The first-order chi connectivity index (χ1) is 11.4. The van der Waals surface area contributed by atoms with Gasteiger partial charge in [0.1, 0.15) is 0 Å². The summed E-state index contributed by atoms with van der Waals surface area (Å²) in [6.45, 7) is 10.6. The molecule has 2 aliphatic heterocycles. The van der Waals surface area contributed by atoms with Gasteiger partial charge < -0.3 is 14.7 Å². The smallest absolute Gasteiger partial charge is 0.219 e. The first kappa shape index (κ1) is 16.8. The molecule has 2 saturated heterocycles. The molecule has 24 heavy (non-hydrogen) atoms. The highest BCUT2D eigenvalue weighted by molar-refractivity contribution is 5.75. The van der Waals surface area contributed by atoms with E-state index in [1.807, 2.05) is 4.90 Å². The zero-order valence-electron chi connectivity index (χ0n) is 15.3. The zero-order chi connectivity index (χ0) is 17.1. The zero-order valence-corrected chi connectivity index (χ0v) is 15.3. The largest absolute Gasteiger partial charge is 0.391 e. The number of ether oxygens (including phenoxy) is 1. The average Bonchev–Trinajstić information content (AvgIpc) is 3.20. The Labute approximate surface area is 145 Å². The quantitative estimate of drug-likeness (QED) is 0.830. The van der Waals surface area contributed by atoms with Gasteiger partial charge in [0.15, 0.2) is 0 Å². The Bertz CT molecular complexity index is 519. The van der Waals surface area contributed by atoms with Crippen LogP contribution in [0, 0.1) is 16.7 Å². The van der Waals surface area contributed by atoms with Crippen LogP contribution in [0.4, 0.5) is 0 Å². The van der Waals surface area contributed by atoms with E-state index in [1.165, 1.54) is 12.8 Å². The molecule has 2 saturated carbocycles. The van der Waals surface area contributed by atoms with Gasteiger partial charge in [-0.2, -0.15) is 0 Å². The lowest BCUT2D eigenvalue weighted by atomic mass is 9.65. The Morgan fingerprint density at radius 3 is 2.62 bits per heavy atom. The van der Waals surface area contributed by atoms with Crippen molar-refractivity contribution < 1.29 is 14.6 Å². The predicted octanol–water partition coefficient (Wildman–Crippen LogP) is 1.50. The van der Waals surface area contributed by atoms with Crippen LogP contribution in [0.2, 0.25) is 0 Å². The van der Waals surface area contributed by atoms with E-state index >= 15 is 0 Å². The fraction of sp³-hybridized carbons (Fsp3) is 0.947. The Balaban J connectivity index is 1.50. The molecule has 0 aromatic heterocycles. The molecule has 1 amide bonds. The van der Waals surface area contributed by atoms with E-state index in [1.54, 1.807) is 6.92 Å². The molecule has 5 heteroatoms. The van der Waals surface area contributed by atoms with Gasteiger partial charge in [-0.15, -0.1) is 0 Å². The highest BCUT2D eigenvalue weighted by atomic mass is 16.5. The van der Waals surface area contributed by atoms with E-state index in [2.05, 4.69) is 18.7 Å². The fourth-order valence-electron chi connectivity index (χ4n) is 5.84. The second-order valence-corrected chi connectivity index (χ2v) is 9.26. The van der Waals surface area contributed by atoms with E-state index in [0.717, 1.165) is 45.7 Å². The predicted molar refractivity (Wildman–Crippen MR) is 91.5 cm³/mol. The van der Waals surface area contributed by atoms with E-state index in [4.69, 9.17) is 4.74 Å². The number of amides is 1. The van der Waals surface area contributed by atoms with Gasteiger partial charge in [-0.05, 0) is 31.6 Å². The monoisotopic (exact) mass is 336 g/mol. The number of hydrogen-bond donors (Lipinski definition) is 1. The third-order valence-electron chi connectivity index (χ3n) is 7.06. The molecule has 0 aromatic rings. The van der Waals surface area contributed by atoms with Crippen molar-refractivity contribution in [2.45, 2.75) is 64.6 Å². The first-order valence-corrected chi connectivity index (χ1v) is 9.63. The molecule has 2 aliphatic carbocycles. The van der Waals surface area contributed by atoms with Crippen LogP contribution in [0.3, 0.4) is 0 Å². The number of aliphatic hydroxyl groups excluding tert-OH is 1. The number of carbonyl (C=O) groups is 1. The van der Waals surface area contributed by atoms with Crippen molar-refractivity contribution in [1.82, 2.24) is 9.80 Å². The molecule has 4 aliphatic rings. The van der Waals surface area contributed by atoms with E-state index in [0.29, 0.717) is 11.3 Å². The number of nitrogens with zero attached hydrogens (tertiary/aromatic N) is 2. The standard InChI is InChI=1S/C19H32N2O3/c1-13(2)17-19(11-21(17)14(3)22)8-15(16(23)9-19)20-6-7-24-12-18(10-20)4-5-18/h13,15-17,23H,4-12H2,1-3H3/t15-,16-,17?,19?/m1/s1. The molecule has 0 aromatic carbocycles. The molecular formula is C19H32N2O3.